The number of fused-ring (bicyclic) bond motifs is 1. The predicted octanol–water partition coefficient (Wildman–Crippen LogP) is 4.87. The molecular formula is C20H27FN4. The molecule has 0 amide bonds. The molecule has 0 atom stereocenters. The minimum absolute atomic E-state index is 0.0209. The Bertz CT molecular complexity index is 787. The lowest BCUT2D eigenvalue weighted by molar-refractivity contribution is 0.312. The Morgan fingerprint density at radius 1 is 1.12 bits per heavy atom. The van der Waals surface area contributed by atoms with Crippen molar-refractivity contribution in [1.82, 2.24) is 15.2 Å². The molecule has 0 bridgehead atoms. The van der Waals surface area contributed by atoms with E-state index in [1.807, 2.05) is 6.07 Å². The third-order valence-electron chi connectivity index (χ3n) is 5.86. The Labute approximate surface area is 148 Å². The molecule has 25 heavy (non-hydrogen) atoms. The molecule has 1 fully saturated rings. The SMILES string of the molecule is CC1(C)CCc2c(-c3cc(F)nc(NC4(C)CCCC4)c3)n[nH]c2C1. The average molecular weight is 342 g/mol. The number of aromatic nitrogens is 3. The van der Waals surface area contributed by atoms with Crippen LogP contribution in [0.3, 0.4) is 0 Å². The highest BCUT2D eigenvalue weighted by atomic mass is 19.1. The van der Waals surface area contributed by atoms with Gasteiger partial charge in [0.15, 0.2) is 0 Å². The fourth-order valence-electron chi connectivity index (χ4n) is 4.37. The van der Waals surface area contributed by atoms with Gasteiger partial charge in [0.05, 0.1) is 5.69 Å². The van der Waals surface area contributed by atoms with Gasteiger partial charge in [-0.1, -0.05) is 26.7 Å². The highest BCUT2D eigenvalue weighted by Gasteiger charge is 2.31. The third-order valence-corrected chi connectivity index (χ3v) is 5.86. The highest BCUT2D eigenvalue weighted by Crippen LogP contribution is 2.38. The van der Waals surface area contributed by atoms with Crippen LogP contribution in [0.1, 0.15) is 64.1 Å². The molecule has 2 N–H and O–H groups in total. The Morgan fingerprint density at radius 2 is 1.88 bits per heavy atom. The molecule has 0 unspecified atom stereocenters. The van der Waals surface area contributed by atoms with Crippen molar-refractivity contribution in [2.24, 2.45) is 5.41 Å². The number of rotatable bonds is 3. The van der Waals surface area contributed by atoms with E-state index in [0.717, 1.165) is 43.4 Å². The fourth-order valence-corrected chi connectivity index (χ4v) is 4.37. The molecule has 2 heterocycles. The van der Waals surface area contributed by atoms with E-state index in [2.05, 4.69) is 41.3 Å². The molecule has 2 aromatic rings. The van der Waals surface area contributed by atoms with Gasteiger partial charge in [0, 0.05) is 28.4 Å². The summed E-state index contributed by atoms with van der Waals surface area (Å²) in [5.74, 6) is 0.168. The average Bonchev–Trinajstić information content (AvgIpc) is 3.11. The first kappa shape index (κ1) is 16.6. The van der Waals surface area contributed by atoms with Crippen molar-refractivity contribution in [3.05, 3.63) is 29.3 Å². The lowest BCUT2D eigenvalue weighted by Gasteiger charge is -2.29. The number of nitrogens with zero attached hydrogens (tertiary/aromatic N) is 2. The van der Waals surface area contributed by atoms with Crippen molar-refractivity contribution in [2.75, 3.05) is 5.32 Å². The third kappa shape index (κ3) is 3.29. The van der Waals surface area contributed by atoms with Crippen molar-refractivity contribution >= 4 is 5.82 Å². The van der Waals surface area contributed by atoms with E-state index in [9.17, 15) is 4.39 Å². The van der Waals surface area contributed by atoms with Gasteiger partial charge in [-0.05, 0) is 50.5 Å². The normalized spacial score (nSPS) is 21.1. The molecule has 0 saturated heterocycles. The van der Waals surface area contributed by atoms with Crippen LogP contribution in [-0.2, 0) is 12.8 Å². The van der Waals surface area contributed by atoms with Gasteiger partial charge in [0.1, 0.15) is 5.82 Å². The second-order valence-corrected chi connectivity index (χ2v) is 8.83. The molecule has 5 heteroatoms. The second-order valence-electron chi connectivity index (χ2n) is 8.83. The van der Waals surface area contributed by atoms with Gasteiger partial charge in [0.25, 0.3) is 0 Å². The van der Waals surface area contributed by atoms with E-state index in [0.29, 0.717) is 11.2 Å². The largest absolute Gasteiger partial charge is 0.365 e. The van der Waals surface area contributed by atoms with Crippen LogP contribution in [0, 0.1) is 11.4 Å². The molecular weight excluding hydrogens is 315 g/mol. The minimum atomic E-state index is -0.450. The molecule has 134 valence electrons. The first-order chi connectivity index (χ1) is 11.8. The Morgan fingerprint density at radius 3 is 2.64 bits per heavy atom. The molecule has 2 aromatic heterocycles. The number of nitrogens with one attached hydrogen (secondary N) is 2. The summed E-state index contributed by atoms with van der Waals surface area (Å²) in [6.45, 7) is 6.77. The minimum Gasteiger partial charge on any atom is -0.365 e. The fraction of sp³-hybridized carbons (Fsp3) is 0.600. The van der Waals surface area contributed by atoms with Crippen molar-refractivity contribution in [3.8, 4) is 11.3 Å². The summed E-state index contributed by atoms with van der Waals surface area (Å²) in [7, 11) is 0. The standard InChI is InChI=1S/C20H27FN4/c1-19(2)9-6-14-15(12-19)24-25-18(14)13-10-16(21)22-17(11-13)23-20(3)7-4-5-8-20/h10-11H,4-9,12H2,1-3H3,(H,22,23)(H,24,25). The zero-order valence-electron chi connectivity index (χ0n) is 15.4. The van der Waals surface area contributed by atoms with Gasteiger partial charge < -0.3 is 5.32 Å². The first-order valence-corrected chi connectivity index (χ1v) is 9.36. The highest BCUT2D eigenvalue weighted by molar-refractivity contribution is 5.67. The van der Waals surface area contributed by atoms with Gasteiger partial charge in [0.2, 0.25) is 5.95 Å². The number of anilines is 1. The quantitative estimate of drug-likeness (QED) is 0.782. The number of halogens is 1. The summed E-state index contributed by atoms with van der Waals surface area (Å²) in [6, 6.07) is 3.45. The van der Waals surface area contributed by atoms with Crippen LogP contribution in [0.5, 0.6) is 0 Å². The monoisotopic (exact) mass is 342 g/mol. The summed E-state index contributed by atoms with van der Waals surface area (Å²) < 4.78 is 14.2. The van der Waals surface area contributed by atoms with Crippen molar-refractivity contribution in [1.29, 1.82) is 0 Å². The smallest absolute Gasteiger partial charge is 0.215 e. The summed E-state index contributed by atoms with van der Waals surface area (Å²) in [5.41, 5.74) is 4.45. The lowest BCUT2D eigenvalue weighted by atomic mass is 9.76. The molecule has 0 spiro atoms. The number of aromatic amines is 1. The van der Waals surface area contributed by atoms with Crippen molar-refractivity contribution in [3.63, 3.8) is 0 Å². The number of pyridine rings is 1. The van der Waals surface area contributed by atoms with E-state index in [4.69, 9.17) is 0 Å². The Hall–Kier alpha value is -1.91. The van der Waals surface area contributed by atoms with Crippen LogP contribution in [-0.4, -0.2) is 20.7 Å². The van der Waals surface area contributed by atoms with E-state index < -0.39 is 5.95 Å². The van der Waals surface area contributed by atoms with Crippen LogP contribution < -0.4 is 5.32 Å². The van der Waals surface area contributed by atoms with Gasteiger partial charge in [-0.3, -0.25) is 5.10 Å². The summed E-state index contributed by atoms with van der Waals surface area (Å²) in [6.07, 6.45) is 7.75. The summed E-state index contributed by atoms with van der Waals surface area (Å²) in [5, 5.41) is 11.2. The van der Waals surface area contributed by atoms with Crippen LogP contribution in [0.15, 0.2) is 12.1 Å². The molecule has 0 aromatic carbocycles. The molecule has 0 radical (unpaired) electrons. The van der Waals surface area contributed by atoms with Crippen LogP contribution in [0.25, 0.3) is 11.3 Å². The van der Waals surface area contributed by atoms with Crippen LogP contribution >= 0.6 is 0 Å². The molecule has 1 saturated carbocycles. The van der Waals surface area contributed by atoms with E-state index in [1.165, 1.54) is 30.2 Å². The second kappa shape index (κ2) is 5.82. The topological polar surface area (TPSA) is 53.6 Å². The number of hydrogen-bond donors (Lipinski definition) is 2. The summed E-state index contributed by atoms with van der Waals surface area (Å²) >= 11 is 0. The maximum Gasteiger partial charge on any atom is 0.215 e. The number of hydrogen-bond acceptors (Lipinski definition) is 3. The van der Waals surface area contributed by atoms with Gasteiger partial charge >= 0.3 is 0 Å². The summed E-state index contributed by atoms with van der Waals surface area (Å²) in [4.78, 5) is 4.07. The molecule has 0 aliphatic heterocycles. The maximum absolute atomic E-state index is 14.2. The van der Waals surface area contributed by atoms with E-state index >= 15 is 0 Å². The van der Waals surface area contributed by atoms with Crippen LogP contribution in [0.2, 0.25) is 0 Å². The molecule has 2 aliphatic carbocycles. The Balaban J connectivity index is 1.66. The zero-order valence-corrected chi connectivity index (χ0v) is 15.4. The van der Waals surface area contributed by atoms with E-state index in [1.54, 1.807) is 0 Å². The van der Waals surface area contributed by atoms with E-state index in [-0.39, 0.29) is 5.54 Å². The first-order valence-electron chi connectivity index (χ1n) is 9.36. The van der Waals surface area contributed by atoms with Crippen LogP contribution in [0.4, 0.5) is 10.2 Å². The van der Waals surface area contributed by atoms with Crippen molar-refractivity contribution < 1.29 is 4.39 Å². The maximum atomic E-state index is 14.2. The lowest BCUT2D eigenvalue weighted by Crippen LogP contribution is -2.31. The molecule has 4 nitrogen and oxygen atoms in total. The van der Waals surface area contributed by atoms with Crippen molar-refractivity contribution in [2.45, 2.75) is 71.3 Å². The number of H-pyrrole nitrogens is 1. The van der Waals surface area contributed by atoms with Gasteiger partial charge in [-0.2, -0.15) is 9.49 Å². The Kier molecular flexibility index (Phi) is 3.85. The zero-order chi connectivity index (χ0) is 17.7. The molecule has 4 rings (SSSR count). The molecule has 2 aliphatic rings. The predicted molar refractivity (Wildman–Crippen MR) is 98.1 cm³/mol. The van der Waals surface area contributed by atoms with Gasteiger partial charge in [-0.15, -0.1) is 0 Å². The van der Waals surface area contributed by atoms with Gasteiger partial charge in [-0.25, -0.2) is 4.98 Å².